The van der Waals surface area contributed by atoms with Crippen LogP contribution in [0.25, 0.3) is 11.0 Å². The lowest BCUT2D eigenvalue weighted by molar-refractivity contribution is 0.289. The summed E-state index contributed by atoms with van der Waals surface area (Å²) in [4.78, 5) is 14.5. The molecule has 0 amide bonds. The van der Waals surface area contributed by atoms with Gasteiger partial charge in [0, 0.05) is 16.6 Å². The highest BCUT2D eigenvalue weighted by Gasteiger charge is 2.25. The van der Waals surface area contributed by atoms with Crippen LogP contribution in [0.2, 0.25) is 5.02 Å². The van der Waals surface area contributed by atoms with Crippen LogP contribution in [0.1, 0.15) is 29.5 Å². The molecule has 0 bridgehead atoms. The highest BCUT2D eigenvalue weighted by molar-refractivity contribution is 6.31. The molecule has 0 unspecified atom stereocenters. The highest BCUT2D eigenvalue weighted by Crippen LogP contribution is 2.37. The van der Waals surface area contributed by atoms with Gasteiger partial charge in [0.05, 0.1) is 17.1 Å². The molecule has 5 rings (SSSR count). The molecule has 0 radical (unpaired) electrons. The Morgan fingerprint density at radius 3 is 2.67 bits per heavy atom. The number of fused-ring (bicyclic) bond motifs is 5. The van der Waals surface area contributed by atoms with Crippen molar-refractivity contribution in [1.29, 1.82) is 0 Å². The van der Waals surface area contributed by atoms with E-state index < -0.39 is 5.82 Å². The molecule has 0 spiro atoms. The normalized spacial score (nSPS) is 16.0. The number of halogens is 2. The molecule has 4 nitrogen and oxygen atoms in total. The van der Waals surface area contributed by atoms with Crippen molar-refractivity contribution in [2.24, 2.45) is 0 Å². The first-order chi connectivity index (χ1) is 13.1. The largest absolute Gasteiger partial charge is 0.473 e. The Morgan fingerprint density at radius 2 is 1.85 bits per heavy atom. The zero-order chi connectivity index (χ0) is 18.5. The fourth-order valence-electron chi connectivity index (χ4n) is 4.06. The molecule has 0 N–H and O–H groups in total. The fourth-order valence-corrected chi connectivity index (χ4v) is 4.24. The van der Waals surface area contributed by atoms with Crippen molar-refractivity contribution in [2.75, 3.05) is 11.6 Å². The molecule has 0 fully saturated rings. The van der Waals surface area contributed by atoms with Crippen molar-refractivity contribution in [3.8, 4) is 5.75 Å². The minimum absolute atomic E-state index is 0.0665. The van der Waals surface area contributed by atoms with Crippen LogP contribution < -0.4 is 15.3 Å². The number of nitrogens with zero attached hydrogens (tertiary/aromatic N) is 1. The molecule has 1 aromatic heterocycles. The van der Waals surface area contributed by atoms with Crippen LogP contribution in [-0.4, -0.2) is 6.73 Å². The third-order valence-corrected chi connectivity index (χ3v) is 5.73. The maximum atomic E-state index is 13.5. The molecule has 6 heteroatoms. The van der Waals surface area contributed by atoms with E-state index in [1.54, 1.807) is 12.1 Å². The predicted octanol–water partition coefficient (Wildman–Crippen LogP) is 4.82. The second kappa shape index (κ2) is 6.27. The summed E-state index contributed by atoms with van der Waals surface area (Å²) < 4.78 is 25.1. The van der Waals surface area contributed by atoms with Gasteiger partial charge in [-0.2, -0.15) is 0 Å². The first-order valence-corrected chi connectivity index (χ1v) is 9.43. The van der Waals surface area contributed by atoms with E-state index in [-0.39, 0.29) is 10.6 Å². The molecule has 0 saturated carbocycles. The van der Waals surface area contributed by atoms with Crippen LogP contribution in [0.3, 0.4) is 0 Å². The van der Waals surface area contributed by atoms with Gasteiger partial charge in [-0.1, -0.05) is 11.6 Å². The molecule has 1 aliphatic heterocycles. The zero-order valence-corrected chi connectivity index (χ0v) is 15.3. The van der Waals surface area contributed by atoms with Crippen molar-refractivity contribution in [3.63, 3.8) is 0 Å². The SMILES string of the molecule is O=c1oc2c3c(ccc2c2c1CCCC2)OCN(c1ccc(F)c(Cl)c1)C3. The number of ether oxygens (including phenoxy) is 1. The Bertz CT molecular complexity index is 1120. The number of aryl methyl sites for hydroxylation is 1. The summed E-state index contributed by atoms with van der Waals surface area (Å²) in [6.07, 6.45) is 3.78. The lowest BCUT2D eigenvalue weighted by atomic mass is 9.90. The van der Waals surface area contributed by atoms with Gasteiger partial charge in [-0.15, -0.1) is 0 Å². The van der Waals surface area contributed by atoms with Gasteiger partial charge in [-0.3, -0.25) is 0 Å². The van der Waals surface area contributed by atoms with Crippen molar-refractivity contribution in [3.05, 3.63) is 68.3 Å². The molecule has 2 aromatic carbocycles. The summed E-state index contributed by atoms with van der Waals surface area (Å²) in [5.74, 6) is 0.257. The van der Waals surface area contributed by atoms with Crippen LogP contribution in [0.5, 0.6) is 5.75 Å². The summed E-state index contributed by atoms with van der Waals surface area (Å²) in [6, 6.07) is 8.52. The zero-order valence-electron chi connectivity index (χ0n) is 14.6. The van der Waals surface area contributed by atoms with Gasteiger partial charge in [-0.05, 0) is 61.6 Å². The maximum absolute atomic E-state index is 13.5. The second-order valence-corrected chi connectivity index (χ2v) is 7.45. The molecular weight excluding hydrogens is 369 g/mol. The first kappa shape index (κ1) is 16.6. The van der Waals surface area contributed by atoms with Crippen LogP contribution in [-0.2, 0) is 19.4 Å². The van der Waals surface area contributed by atoms with Gasteiger partial charge in [0.1, 0.15) is 17.1 Å². The predicted molar refractivity (Wildman–Crippen MR) is 102 cm³/mol. The number of hydrogen-bond donors (Lipinski definition) is 0. The number of rotatable bonds is 1. The molecule has 0 atom stereocenters. The van der Waals surface area contributed by atoms with E-state index in [0.717, 1.165) is 53.4 Å². The molecule has 138 valence electrons. The molecule has 0 saturated heterocycles. The number of benzene rings is 2. The first-order valence-electron chi connectivity index (χ1n) is 9.05. The Hall–Kier alpha value is -2.53. The van der Waals surface area contributed by atoms with Crippen molar-refractivity contribution in [2.45, 2.75) is 32.2 Å². The van der Waals surface area contributed by atoms with E-state index in [9.17, 15) is 9.18 Å². The minimum Gasteiger partial charge on any atom is -0.473 e. The third kappa shape index (κ3) is 2.69. The Labute approximate surface area is 160 Å². The topological polar surface area (TPSA) is 42.7 Å². The van der Waals surface area contributed by atoms with Gasteiger partial charge in [-0.25, -0.2) is 9.18 Å². The summed E-state index contributed by atoms with van der Waals surface area (Å²) >= 11 is 5.93. The summed E-state index contributed by atoms with van der Waals surface area (Å²) in [7, 11) is 0. The monoisotopic (exact) mass is 385 g/mol. The summed E-state index contributed by atoms with van der Waals surface area (Å²) in [6.45, 7) is 0.812. The Kier molecular flexibility index (Phi) is 3.86. The fraction of sp³-hybridized carbons (Fsp3) is 0.286. The van der Waals surface area contributed by atoms with Gasteiger partial charge in [0.2, 0.25) is 0 Å². The Morgan fingerprint density at radius 1 is 1.04 bits per heavy atom. The standard InChI is InChI=1S/C21H17ClFNO3/c22-17-9-12(5-7-18(17)23)24-10-16-19(26-11-24)8-6-14-13-3-1-2-4-15(13)21(25)27-20(14)16/h5-9H,1-4,10-11H2. The van der Waals surface area contributed by atoms with E-state index in [1.165, 1.54) is 6.07 Å². The molecular formula is C21H17ClFNO3. The van der Waals surface area contributed by atoms with E-state index >= 15 is 0 Å². The highest BCUT2D eigenvalue weighted by atomic mass is 35.5. The van der Waals surface area contributed by atoms with Crippen molar-refractivity contribution < 1.29 is 13.5 Å². The molecule has 2 aliphatic rings. The number of hydrogen-bond acceptors (Lipinski definition) is 4. The lowest BCUT2D eigenvalue weighted by Crippen LogP contribution is -2.32. The van der Waals surface area contributed by atoms with Gasteiger partial charge < -0.3 is 14.1 Å². The molecule has 3 aromatic rings. The van der Waals surface area contributed by atoms with Crippen LogP contribution in [0.4, 0.5) is 10.1 Å². The van der Waals surface area contributed by atoms with Crippen molar-refractivity contribution >= 4 is 28.3 Å². The van der Waals surface area contributed by atoms with E-state index in [4.69, 9.17) is 20.8 Å². The Balaban J connectivity index is 1.63. The van der Waals surface area contributed by atoms with E-state index in [1.807, 2.05) is 17.0 Å². The quantitative estimate of drug-likeness (QED) is 0.563. The average Bonchev–Trinajstić information content (AvgIpc) is 2.70. The molecule has 2 heterocycles. The third-order valence-electron chi connectivity index (χ3n) is 5.44. The molecule has 1 aliphatic carbocycles. The number of anilines is 1. The van der Waals surface area contributed by atoms with Crippen LogP contribution in [0.15, 0.2) is 39.5 Å². The molecule has 27 heavy (non-hydrogen) atoms. The van der Waals surface area contributed by atoms with Crippen LogP contribution >= 0.6 is 11.6 Å². The summed E-state index contributed by atoms with van der Waals surface area (Å²) in [5.41, 5.74) is 3.86. The smallest absolute Gasteiger partial charge is 0.339 e. The summed E-state index contributed by atoms with van der Waals surface area (Å²) in [5, 5.41) is 1.06. The van der Waals surface area contributed by atoms with Gasteiger partial charge in [0.25, 0.3) is 0 Å². The lowest BCUT2D eigenvalue weighted by Gasteiger charge is -2.31. The van der Waals surface area contributed by atoms with Gasteiger partial charge >= 0.3 is 5.63 Å². The van der Waals surface area contributed by atoms with Gasteiger partial charge in [0.15, 0.2) is 6.73 Å². The van der Waals surface area contributed by atoms with Crippen molar-refractivity contribution in [1.82, 2.24) is 0 Å². The minimum atomic E-state index is -0.457. The second-order valence-electron chi connectivity index (χ2n) is 7.04. The average molecular weight is 386 g/mol. The van der Waals surface area contributed by atoms with E-state index in [2.05, 4.69) is 0 Å². The van der Waals surface area contributed by atoms with Crippen LogP contribution in [0, 0.1) is 5.82 Å². The maximum Gasteiger partial charge on any atom is 0.339 e. The van der Waals surface area contributed by atoms with E-state index in [0.29, 0.717) is 24.6 Å².